The van der Waals surface area contributed by atoms with Crippen LogP contribution in [0.15, 0.2) is 22.6 Å². The zero-order valence-corrected chi connectivity index (χ0v) is 10.1. The van der Waals surface area contributed by atoms with Crippen LogP contribution in [0, 0.1) is 11.6 Å². The number of rotatable bonds is 6. The molecule has 2 aromatic rings. The van der Waals surface area contributed by atoms with E-state index in [2.05, 4.69) is 10.2 Å². The minimum atomic E-state index is -0.944. The second-order valence-electron chi connectivity index (χ2n) is 3.80. The summed E-state index contributed by atoms with van der Waals surface area (Å²) in [6.45, 7) is 0.669. The Kier molecular flexibility index (Phi) is 4.40. The van der Waals surface area contributed by atoms with Crippen LogP contribution in [-0.2, 0) is 12.8 Å². The van der Waals surface area contributed by atoms with Crippen LogP contribution < -0.4 is 10.5 Å². The van der Waals surface area contributed by atoms with Gasteiger partial charge in [0.25, 0.3) is 0 Å². The van der Waals surface area contributed by atoms with E-state index in [1.165, 1.54) is 6.07 Å². The maximum atomic E-state index is 12.9. The molecule has 0 aliphatic carbocycles. The lowest BCUT2D eigenvalue weighted by Gasteiger charge is -2.04. The highest BCUT2D eigenvalue weighted by molar-refractivity contribution is 5.23. The molecule has 0 radical (unpaired) electrons. The number of hydrogen-bond acceptors (Lipinski definition) is 5. The van der Waals surface area contributed by atoms with Crippen LogP contribution in [0.25, 0.3) is 0 Å². The minimum absolute atomic E-state index is 0.231. The number of nitrogens with zero attached hydrogens (tertiary/aromatic N) is 2. The highest BCUT2D eigenvalue weighted by Gasteiger charge is 2.07. The molecule has 2 N–H and O–H groups in total. The third kappa shape index (κ3) is 3.72. The molecule has 0 unspecified atom stereocenters. The van der Waals surface area contributed by atoms with Gasteiger partial charge >= 0.3 is 0 Å². The first-order chi connectivity index (χ1) is 9.19. The molecule has 1 aromatic heterocycles. The summed E-state index contributed by atoms with van der Waals surface area (Å²) in [4.78, 5) is 0. The Hall–Kier alpha value is -2.02. The lowest BCUT2D eigenvalue weighted by Crippen LogP contribution is -2.03. The maximum Gasteiger partial charge on any atom is 0.219 e. The van der Waals surface area contributed by atoms with Crippen molar-refractivity contribution in [3.05, 3.63) is 41.6 Å². The molecule has 102 valence electrons. The molecule has 0 aliphatic heterocycles. The number of halogens is 2. The summed E-state index contributed by atoms with van der Waals surface area (Å²) >= 11 is 0. The van der Waals surface area contributed by atoms with Gasteiger partial charge < -0.3 is 14.9 Å². The maximum absolute atomic E-state index is 12.9. The fourth-order valence-electron chi connectivity index (χ4n) is 1.44. The van der Waals surface area contributed by atoms with Crippen LogP contribution in [0.4, 0.5) is 8.78 Å². The average Bonchev–Trinajstić information content (AvgIpc) is 2.82. The van der Waals surface area contributed by atoms with Crippen molar-refractivity contribution in [3.8, 4) is 5.75 Å². The molecule has 7 heteroatoms. The molecule has 0 saturated carbocycles. The second-order valence-corrected chi connectivity index (χ2v) is 3.80. The highest BCUT2D eigenvalue weighted by atomic mass is 19.2. The summed E-state index contributed by atoms with van der Waals surface area (Å²) in [5.74, 6) is -0.701. The SMILES string of the molecule is NCCc1nnc(CCOc2ccc(F)c(F)c2)o1. The number of nitrogens with two attached hydrogens (primary N) is 1. The van der Waals surface area contributed by atoms with Crippen molar-refractivity contribution in [2.24, 2.45) is 5.73 Å². The molecule has 0 aliphatic rings. The van der Waals surface area contributed by atoms with Crippen molar-refractivity contribution in [1.29, 1.82) is 0 Å². The molecule has 2 rings (SSSR count). The zero-order valence-electron chi connectivity index (χ0n) is 10.1. The van der Waals surface area contributed by atoms with E-state index in [4.69, 9.17) is 14.9 Å². The standard InChI is InChI=1S/C12H13F2N3O2/c13-9-2-1-8(7-10(9)14)18-6-4-12-17-16-11(19-12)3-5-15/h1-2,7H,3-6,15H2. The summed E-state index contributed by atoms with van der Waals surface area (Å²) < 4.78 is 36.1. The van der Waals surface area contributed by atoms with Gasteiger partial charge in [-0.1, -0.05) is 0 Å². The Morgan fingerprint density at radius 2 is 1.84 bits per heavy atom. The summed E-state index contributed by atoms with van der Waals surface area (Å²) in [5.41, 5.74) is 5.35. The summed E-state index contributed by atoms with van der Waals surface area (Å²) in [5, 5.41) is 7.61. The third-order valence-electron chi connectivity index (χ3n) is 2.34. The van der Waals surface area contributed by atoms with Gasteiger partial charge in [0, 0.05) is 19.0 Å². The summed E-state index contributed by atoms with van der Waals surface area (Å²) in [6, 6.07) is 3.35. The summed E-state index contributed by atoms with van der Waals surface area (Å²) in [6.07, 6.45) is 0.910. The Morgan fingerprint density at radius 1 is 1.11 bits per heavy atom. The van der Waals surface area contributed by atoms with Crippen LogP contribution in [0.5, 0.6) is 5.75 Å². The van der Waals surface area contributed by atoms with Crippen molar-refractivity contribution in [1.82, 2.24) is 10.2 Å². The zero-order chi connectivity index (χ0) is 13.7. The van der Waals surface area contributed by atoms with Crippen molar-refractivity contribution in [2.45, 2.75) is 12.8 Å². The van der Waals surface area contributed by atoms with E-state index in [1.54, 1.807) is 0 Å². The van der Waals surface area contributed by atoms with Gasteiger partial charge in [0.15, 0.2) is 11.6 Å². The monoisotopic (exact) mass is 269 g/mol. The van der Waals surface area contributed by atoms with Crippen LogP contribution in [0.1, 0.15) is 11.8 Å². The van der Waals surface area contributed by atoms with Crippen LogP contribution in [0.3, 0.4) is 0 Å². The van der Waals surface area contributed by atoms with Crippen LogP contribution in [0.2, 0.25) is 0 Å². The van der Waals surface area contributed by atoms with E-state index >= 15 is 0 Å². The number of aromatic nitrogens is 2. The van der Waals surface area contributed by atoms with E-state index in [0.717, 1.165) is 12.1 Å². The third-order valence-corrected chi connectivity index (χ3v) is 2.34. The first kappa shape index (κ1) is 13.4. The molecular weight excluding hydrogens is 256 g/mol. The molecule has 0 fully saturated rings. The fraction of sp³-hybridized carbons (Fsp3) is 0.333. The van der Waals surface area contributed by atoms with Gasteiger partial charge in [0.05, 0.1) is 13.0 Å². The minimum Gasteiger partial charge on any atom is -0.493 e. The van der Waals surface area contributed by atoms with Crippen LogP contribution in [-0.4, -0.2) is 23.3 Å². The van der Waals surface area contributed by atoms with Gasteiger partial charge in [-0.15, -0.1) is 10.2 Å². The largest absolute Gasteiger partial charge is 0.493 e. The van der Waals surface area contributed by atoms with Gasteiger partial charge in [-0.3, -0.25) is 0 Å². The van der Waals surface area contributed by atoms with Gasteiger partial charge in [-0.25, -0.2) is 8.78 Å². The molecule has 0 saturated heterocycles. The average molecular weight is 269 g/mol. The van der Waals surface area contributed by atoms with E-state index < -0.39 is 11.6 Å². The van der Waals surface area contributed by atoms with Crippen molar-refractivity contribution >= 4 is 0 Å². The van der Waals surface area contributed by atoms with Crippen molar-refractivity contribution in [3.63, 3.8) is 0 Å². The van der Waals surface area contributed by atoms with Gasteiger partial charge in [-0.2, -0.15) is 0 Å². The van der Waals surface area contributed by atoms with E-state index in [0.29, 0.717) is 31.2 Å². The van der Waals surface area contributed by atoms with Crippen LogP contribution >= 0.6 is 0 Å². The van der Waals surface area contributed by atoms with Gasteiger partial charge in [0.1, 0.15) is 5.75 Å². The van der Waals surface area contributed by atoms with E-state index in [9.17, 15) is 8.78 Å². The number of ether oxygens (including phenoxy) is 1. The molecule has 0 atom stereocenters. The molecule has 0 spiro atoms. The van der Waals surface area contributed by atoms with E-state index in [-0.39, 0.29) is 12.4 Å². The first-order valence-corrected chi connectivity index (χ1v) is 5.78. The Bertz CT molecular complexity index is 546. The quantitative estimate of drug-likeness (QED) is 0.859. The van der Waals surface area contributed by atoms with Gasteiger partial charge in [-0.05, 0) is 12.1 Å². The first-order valence-electron chi connectivity index (χ1n) is 5.78. The fourth-order valence-corrected chi connectivity index (χ4v) is 1.44. The molecule has 0 bridgehead atoms. The molecule has 0 amide bonds. The van der Waals surface area contributed by atoms with E-state index in [1.807, 2.05) is 0 Å². The Morgan fingerprint density at radius 3 is 2.53 bits per heavy atom. The molecule has 1 aromatic carbocycles. The lowest BCUT2D eigenvalue weighted by molar-refractivity contribution is 0.301. The topological polar surface area (TPSA) is 74.2 Å². The normalized spacial score (nSPS) is 10.7. The predicted molar refractivity (Wildman–Crippen MR) is 62.6 cm³/mol. The lowest BCUT2D eigenvalue weighted by atomic mass is 10.3. The molecule has 1 heterocycles. The summed E-state index contributed by atoms with van der Waals surface area (Å²) in [7, 11) is 0. The van der Waals surface area contributed by atoms with Crippen molar-refractivity contribution in [2.75, 3.05) is 13.2 Å². The Labute approximate surface area is 108 Å². The molecule has 19 heavy (non-hydrogen) atoms. The smallest absolute Gasteiger partial charge is 0.219 e. The van der Waals surface area contributed by atoms with Crippen molar-refractivity contribution < 1.29 is 17.9 Å². The molecular formula is C12H13F2N3O2. The highest BCUT2D eigenvalue weighted by Crippen LogP contribution is 2.15. The molecule has 5 nitrogen and oxygen atoms in total. The van der Waals surface area contributed by atoms with Gasteiger partial charge in [0.2, 0.25) is 11.8 Å². The number of hydrogen-bond donors (Lipinski definition) is 1. The number of benzene rings is 1. The second kappa shape index (κ2) is 6.24. The Balaban J connectivity index is 1.83. The predicted octanol–water partition coefficient (Wildman–Crippen LogP) is 1.47.